The van der Waals surface area contributed by atoms with Crippen LogP contribution in [0.5, 0.6) is 0 Å². The number of carbonyl (C=O) groups excluding carboxylic acids is 1. The maximum atomic E-state index is 12.3. The summed E-state index contributed by atoms with van der Waals surface area (Å²) in [7, 11) is 0. The summed E-state index contributed by atoms with van der Waals surface area (Å²) < 4.78 is 0. The summed E-state index contributed by atoms with van der Waals surface area (Å²) in [5, 5.41) is 0. The van der Waals surface area contributed by atoms with Crippen molar-refractivity contribution in [2.75, 3.05) is 6.54 Å². The predicted octanol–water partition coefficient (Wildman–Crippen LogP) is 2.54. The van der Waals surface area contributed by atoms with Crippen LogP contribution in [-0.2, 0) is 4.79 Å². The molecule has 0 radical (unpaired) electrons. The molecule has 0 aromatic heterocycles. The van der Waals surface area contributed by atoms with Gasteiger partial charge in [0.1, 0.15) is 0 Å². The van der Waals surface area contributed by atoms with Crippen LogP contribution in [0.2, 0.25) is 0 Å². The standard InChI is InChI=1S/C14H28N2O/c1-4-10-16(13-8-9-13)14(17)11(2)6-5-7-12(3)15/h11-13H,4-10,15H2,1-3H3. The summed E-state index contributed by atoms with van der Waals surface area (Å²) in [4.78, 5) is 14.4. The molecule has 2 atom stereocenters. The van der Waals surface area contributed by atoms with Gasteiger partial charge < -0.3 is 10.6 Å². The first-order chi connectivity index (χ1) is 8.06. The Kier molecular flexibility index (Phi) is 5.96. The average Bonchev–Trinajstić information content (AvgIpc) is 3.08. The van der Waals surface area contributed by atoms with E-state index in [1.165, 1.54) is 12.8 Å². The van der Waals surface area contributed by atoms with Crippen LogP contribution in [0.15, 0.2) is 0 Å². The van der Waals surface area contributed by atoms with Crippen molar-refractivity contribution in [2.24, 2.45) is 11.7 Å². The lowest BCUT2D eigenvalue weighted by molar-refractivity contribution is -0.135. The largest absolute Gasteiger partial charge is 0.339 e. The zero-order valence-corrected chi connectivity index (χ0v) is 11.6. The summed E-state index contributed by atoms with van der Waals surface area (Å²) in [6.45, 7) is 7.17. The topological polar surface area (TPSA) is 46.3 Å². The lowest BCUT2D eigenvalue weighted by Gasteiger charge is -2.25. The molecule has 3 nitrogen and oxygen atoms in total. The van der Waals surface area contributed by atoms with E-state index in [1.54, 1.807) is 0 Å². The van der Waals surface area contributed by atoms with Crippen LogP contribution in [0.4, 0.5) is 0 Å². The van der Waals surface area contributed by atoms with Crippen molar-refractivity contribution in [3.8, 4) is 0 Å². The van der Waals surface area contributed by atoms with E-state index in [2.05, 4.69) is 18.7 Å². The van der Waals surface area contributed by atoms with E-state index < -0.39 is 0 Å². The third kappa shape index (κ3) is 5.07. The van der Waals surface area contributed by atoms with Gasteiger partial charge in [0.2, 0.25) is 5.91 Å². The number of nitrogens with zero attached hydrogens (tertiary/aromatic N) is 1. The molecule has 100 valence electrons. The summed E-state index contributed by atoms with van der Waals surface area (Å²) in [6.07, 6.45) is 6.54. The van der Waals surface area contributed by atoms with Crippen molar-refractivity contribution in [1.82, 2.24) is 4.90 Å². The van der Waals surface area contributed by atoms with Gasteiger partial charge in [-0.25, -0.2) is 0 Å². The summed E-state index contributed by atoms with van der Waals surface area (Å²) in [5.74, 6) is 0.528. The molecule has 0 aliphatic heterocycles. The second-order valence-corrected chi connectivity index (χ2v) is 5.57. The van der Waals surface area contributed by atoms with Crippen LogP contribution in [0.3, 0.4) is 0 Å². The number of amides is 1. The van der Waals surface area contributed by atoms with E-state index in [0.29, 0.717) is 11.9 Å². The maximum Gasteiger partial charge on any atom is 0.225 e. The van der Waals surface area contributed by atoms with Crippen LogP contribution < -0.4 is 5.73 Å². The minimum absolute atomic E-state index is 0.167. The molecule has 1 saturated carbocycles. The van der Waals surface area contributed by atoms with Gasteiger partial charge in [-0.15, -0.1) is 0 Å². The minimum Gasteiger partial charge on any atom is -0.339 e. The first-order valence-corrected chi connectivity index (χ1v) is 7.12. The van der Waals surface area contributed by atoms with E-state index in [-0.39, 0.29) is 12.0 Å². The molecule has 1 aliphatic rings. The van der Waals surface area contributed by atoms with Gasteiger partial charge in [0.15, 0.2) is 0 Å². The molecular formula is C14H28N2O. The van der Waals surface area contributed by atoms with Crippen molar-refractivity contribution in [3.05, 3.63) is 0 Å². The molecule has 0 aromatic carbocycles. The fraction of sp³-hybridized carbons (Fsp3) is 0.929. The molecule has 2 N–H and O–H groups in total. The van der Waals surface area contributed by atoms with Gasteiger partial charge in [-0.2, -0.15) is 0 Å². The maximum absolute atomic E-state index is 12.3. The Morgan fingerprint density at radius 2 is 2.00 bits per heavy atom. The Balaban J connectivity index is 2.32. The minimum atomic E-state index is 0.167. The van der Waals surface area contributed by atoms with Gasteiger partial charge in [0, 0.05) is 24.5 Å². The molecule has 0 bridgehead atoms. The Hall–Kier alpha value is -0.570. The highest BCUT2D eigenvalue weighted by Crippen LogP contribution is 2.29. The first-order valence-electron chi connectivity index (χ1n) is 7.12. The molecule has 1 aliphatic carbocycles. The van der Waals surface area contributed by atoms with Crippen LogP contribution in [-0.4, -0.2) is 29.4 Å². The Bertz CT molecular complexity index is 236. The van der Waals surface area contributed by atoms with Gasteiger partial charge in [0.05, 0.1) is 0 Å². The van der Waals surface area contributed by atoms with E-state index in [9.17, 15) is 4.79 Å². The van der Waals surface area contributed by atoms with Crippen molar-refractivity contribution in [2.45, 2.75) is 71.4 Å². The number of rotatable bonds is 8. The molecular weight excluding hydrogens is 212 g/mol. The predicted molar refractivity (Wildman–Crippen MR) is 71.7 cm³/mol. The van der Waals surface area contributed by atoms with Crippen LogP contribution >= 0.6 is 0 Å². The highest BCUT2D eigenvalue weighted by atomic mass is 16.2. The van der Waals surface area contributed by atoms with E-state index >= 15 is 0 Å². The second-order valence-electron chi connectivity index (χ2n) is 5.57. The summed E-state index contributed by atoms with van der Waals surface area (Å²) in [6, 6.07) is 0.811. The Morgan fingerprint density at radius 1 is 1.35 bits per heavy atom. The monoisotopic (exact) mass is 240 g/mol. The summed E-state index contributed by atoms with van der Waals surface area (Å²) in [5.41, 5.74) is 5.73. The quantitative estimate of drug-likeness (QED) is 0.708. The Morgan fingerprint density at radius 3 is 2.47 bits per heavy atom. The van der Waals surface area contributed by atoms with Crippen molar-refractivity contribution < 1.29 is 4.79 Å². The number of nitrogens with two attached hydrogens (primary N) is 1. The first kappa shape index (κ1) is 14.5. The number of hydrogen-bond donors (Lipinski definition) is 1. The smallest absolute Gasteiger partial charge is 0.225 e. The average molecular weight is 240 g/mol. The zero-order chi connectivity index (χ0) is 12.8. The van der Waals surface area contributed by atoms with Gasteiger partial charge in [-0.3, -0.25) is 4.79 Å². The lowest BCUT2D eigenvalue weighted by Crippen LogP contribution is -2.37. The molecule has 3 heteroatoms. The second kappa shape index (κ2) is 7.00. The molecule has 17 heavy (non-hydrogen) atoms. The fourth-order valence-corrected chi connectivity index (χ4v) is 2.25. The van der Waals surface area contributed by atoms with E-state index in [0.717, 1.165) is 32.2 Å². The fourth-order valence-electron chi connectivity index (χ4n) is 2.25. The van der Waals surface area contributed by atoms with Gasteiger partial charge in [-0.1, -0.05) is 20.3 Å². The molecule has 1 rings (SSSR count). The van der Waals surface area contributed by atoms with E-state index in [4.69, 9.17) is 5.73 Å². The highest BCUT2D eigenvalue weighted by Gasteiger charge is 2.33. The van der Waals surface area contributed by atoms with Crippen molar-refractivity contribution in [3.63, 3.8) is 0 Å². The van der Waals surface area contributed by atoms with Gasteiger partial charge >= 0.3 is 0 Å². The van der Waals surface area contributed by atoms with Crippen molar-refractivity contribution >= 4 is 5.91 Å². The molecule has 0 heterocycles. The zero-order valence-electron chi connectivity index (χ0n) is 11.6. The number of carbonyl (C=O) groups is 1. The molecule has 0 spiro atoms. The normalized spacial score (nSPS) is 18.8. The highest BCUT2D eigenvalue weighted by molar-refractivity contribution is 5.79. The molecule has 0 aromatic rings. The third-order valence-electron chi connectivity index (χ3n) is 3.45. The third-order valence-corrected chi connectivity index (χ3v) is 3.45. The lowest BCUT2D eigenvalue weighted by atomic mass is 10.0. The van der Waals surface area contributed by atoms with Crippen molar-refractivity contribution in [1.29, 1.82) is 0 Å². The summed E-state index contributed by atoms with van der Waals surface area (Å²) >= 11 is 0. The van der Waals surface area contributed by atoms with Crippen LogP contribution in [0, 0.1) is 5.92 Å². The van der Waals surface area contributed by atoms with Crippen LogP contribution in [0.25, 0.3) is 0 Å². The number of hydrogen-bond acceptors (Lipinski definition) is 2. The Labute approximate surface area is 106 Å². The van der Waals surface area contributed by atoms with Gasteiger partial charge in [0.25, 0.3) is 0 Å². The molecule has 0 saturated heterocycles. The van der Waals surface area contributed by atoms with E-state index in [1.807, 2.05) is 6.92 Å². The molecule has 1 fully saturated rings. The SMILES string of the molecule is CCCN(C(=O)C(C)CCCC(C)N)C1CC1. The molecule has 1 amide bonds. The van der Waals surface area contributed by atoms with Crippen LogP contribution in [0.1, 0.15) is 59.3 Å². The molecule has 2 unspecified atom stereocenters. The van der Waals surface area contributed by atoms with Gasteiger partial charge in [-0.05, 0) is 39.0 Å².